The number of aryl methyl sites for hydroxylation is 1. The van der Waals surface area contributed by atoms with Gasteiger partial charge in [-0.15, -0.1) is 0 Å². The van der Waals surface area contributed by atoms with Crippen molar-refractivity contribution in [3.63, 3.8) is 0 Å². The van der Waals surface area contributed by atoms with Crippen molar-refractivity contribution in [2.45, 2.75) is 13.0 Å². The Morgan fingerprint density at radius 3 is 2.67 bits per heavy atom. The highest BCUT2D eigenvalue weighted by Gasteiger charge is 2.17. The third-order valence-corrected chi connectivity index (χ3v) is 4.05. The molecule has 2 nitrogen and oxygen atoms in total. The zero-order chi connectivity index (χ0) is 14.8. The van der Waals surface area contributed by atoms with Crippen LogP contribution in [-0.2, 0) is 0 Å². The topological polar surface area (TPSA) is 24.9 Å². The molecule has 0 aliphatic heterocycles. The number of hydrogen-bond acceptors (Lipinski definition) is 2. The van der Waals surface area contributed by atoms with Crippen LogP contribution < -0.4 is 5.32 Å². The summed E-state index contributed by atoms with van der Waals surface area (Å²) in [6, 6.07) is 16.4. The van der Waals surface area contributed by atoms with Gasteiger partial charge in [0.05, 0.1) is 11.6 Å². The Bertz CT molecular complexity index is 778. The van der Waals surface area contributed by atoms with Gasteiger partial charge in [0.25, 0.3) is 0 Å². The number of nitrogens with one attached hydrogen (secondary N) is 1. The van der Waals surface area contributed by atoms with Gasteiger partial charge in [-0.1, -0.05) is 41.9 Å². The molecular formula is C18H17ClN2. The van der Waals surface area contributed by atoms with E-state index in [4.69, 9.17) is 11.6 Å². The molecule has 1 N–H and O–H groups in total. The van der Waals surface area contributed by atoms with E-state index in [0.29, 0.717) is 0 Å². The summed E-state index contributed by atoms with van der Waals surface area (Å²) in [6.45, 7) is 2.11. The molecule has 0 saturated heterocycles. The summed E-state index contributed by atoms with van der Waals surface area (Å²) in [4.78, 5) is 4.55. The van der Waals surface area contributed by atoms with Gasteiger partial charge >= 0.3 is 0 Å². The molecule has 3 rings (SSSR count). The lowest BCUT2D eigenvalue weighted by molar-refractivity contribution is 0.691. The standard InChI is InChI=1S/C18H17ClN2/c1-12-8-9-14(19)11-16(12)18(20-2)15-7-3-5-13-6-4-10-21-17(13)15/h3-11,18,20H,1-2H3. The first kappa shape index (κ1) is 14.1. The van der Waals surface area contributed by atoms with Crippen molar-refractivity contribution in [2.24, 2.45) is 0 Å². The molecule has 3 heteroatoms. The summed E-state index contributed by atoms with van der Waals surface area (Å²) in [5.41, 5.74) is 4.59. The molecule has 0 fully saturated rings. The minimum atomic E-state index is 0.0716. The van der Waals surface area contributed by atoms with Crippen molar-refractivity contribution in [3.8, 4) is 0 Å². The Labute approximate surface area is 129 Å². The average molecular weight is 297 g/mol. The van der Waals surface area contributed by atoms with E-state index in [-0.39, 0.29) is 6.04 Å². The second kappa shape index (κ2) is 5.84. The van der Waals surface area contributed by atoms with E-state index < -0.39 is 0 Å². The first-order valence-corrected chi connectivity index (χ1v) is 7.35. The number of fused-ring (bicyclic) bond motifs is 1. The highest BCUT2D eigenvalue weighted by Crippen LogP contribution is 2.30. The molecule has 21 heavy (non-hydrogen) atoms. The van der Waals surface area contributed by atoms with Crippen molar-refractivity contribution >= 4 is 22.5 Å². The number of para-hydroxylation sites is 1. The molecule has 1 unspecified atom stereocenters. The van der Waals surface area contributed by atoms with Gasteiger partial charge in [-0.2, -0.15) is 0 Å². The number of aromatic nitrogens is 1. The number of nitrogens with zero attached hydrogens (tertiary/aromatic N) is 1. The zero-order valence-corrected chi connectivity index (χ0v) is 12.9. The summed E-state index contributed by atoms with van der Waals surface area (Å²) in [6.07, 6.45) is 1.84. The molecule has 0 saturated carbocycles. The Morgan fingerprint density at radius 1 is 1.05 bits per heavy atom. The van der Waals surface area contributed by atoms with Crippen LogP contribution in [0.3, 0.4) is 0 Å². The van der Waals surface area contributed by atoms with Gasteiger partial charge < -0.3 is 5.32 Å². The van der Waals surface area contributed by atoms with Crippen LogP contribution in [-0.4, -0.2) is 12.0 Å². The predicted octanol–water partition coefficient (Wildman–Crippen LogP) is 4.51. The summed E-state index contributed by atoms with van der Waals surface area (Å²) in [7, 11) is 1.97. The minimum Gasteiger partial charge on any atom is -0.309 e. The molecule has 0 spiro atoms. The predicted molar refractivity (Wildman–Crippen MR) is 88.8 cm³/mol. The maximum absolute atomic E-state index is 6.18. The first-order chi connectivity index (χ1) is 10.2. The molecular weight excluding hydrogens is 280 g/mol. The Morgan fingerprint density at radius 2 is 1.86 bits per heavy atom. The molecule has 0 amide bonds. The lowest BCUT2D eigenvalue weighted by Gasteiger charge is -2.21. The van der Waals surface area contributed by atoms with E-state index >= 15 is 0 Å². The zero-order valence-electron chi connectivity index (χ0n) is 12.1. The third-order valence-electron chi connectivity index (χ3n) is 3.82. The number of pyridine rings is 1. The van der Waals surface area contributed by atoms with Gasteiger partial charge in [0.2, 0.25) is 0 Å². The Kier molecular flexibility index (Phi) is 3.91. The van der Waals surface area contributed by atoms with Crippen LogP contribution in [0.15, 0.2) is 54.7 Å². The van der Waals surface area contributed by atoms with Gasteiger partial charge in [-0.05, 0) is 48.9 Å². The number of rotatable bonds is 3. The van der Waals surface area contributed by atoms with Crippen molar-refractivity contribution in [1.29, 1.82) is 0 Å². The van der Waals surface area contributed by atoms with Crippen molar-refractivity contribution < 1.29 is 0 Å². The molecule has 1 atom stereocenters. The lowest BCUT2D eigenvalue weighted by atomic mass is 9.93. The van der Waals surface area contributed by atoms with E-state index in [1.807, 2.05) is 31.4 Å². The van der Waals surface area contributed by atoms with E-state index in [0.717, 1.165) is 15.9 Å². The monoisotopic (exact) mass is 296 g/mol. The smallest absolute Gasteiger partial charge is 0.0753 e. The molecule has 0 bridgehead atoms. The minimum absolute atomic E-state index is 0.0716. The number of benzene rings is 2. The second-order valence-corrected chi connectivity index (χ2v) is 5.58. The van der Waals surface area contributed by atoms with Crippen LogP contribution in [0.5, 0.6) is 0 Å². The van der Waals surface area contributed by atoms with Crippen LogP contribution in [0.1, 0.15) is 22.7 Å². The van der Waals surface area contributed by atoms with Crippen LogP contribution >= 0.6 is 11.6 Å². The largest absolute Gasteiger partial charge is 0.309 e. The van der Waals surface area contributed by atoms with E-state index in [9.17, 15) is 0 Å². The van der Waals surface area contributed by atoms with E-state index in [2.05, 4.69) is 47.6 Å². The lowest BCUT2D eigenvalue weighted by Crippen LogP contribution is -2.19. The fourth-order valence-corrected chi connectivity index (χ4v) is 2.94. The number of halogens is 1. The fraction of sp³-hybridized carbons (Fsp3) is 0.167. The highest BCUT2D eigenvalue weighted by molar-refractivity contribution is 6.30. The normalized spacial score (nSPS) is 12.5. The van der Waals surface area contributed by atoms with E-state index in [1.165, 1.54) is 16.7 Å². The van der Waals surface area contributed by atoms with Gasteiger partial charge in [-0.3, -0.25) is 4.98 Å². The summed E-state index contributed by atoms with van der Waals surface area (Å²) in [5, 5.41) is 5.30. The van der Waals surface area contributed by atoms with Gasteiger partial charge in [-0.25, -0.2) is 0 Å². The summed E-state index contributed by atoms with van der Waals surface area (Å²) < 4.78 is 0. The van der Waals surface area contributed by atoms with Crippen LogP contribution in [0.25, 0.3) is 10.9 Å². The molecule has 0 radical (unpaired) electrons. The maximum Gasteiger partial charge on any atom is 0.0753 e. The summed E-state index contributed by atoms with van der Waals surface area (Å²) >= 11 is 6.18. The molecule has 1 aromatic heterocycles. The second-order valence-electron chi connectivity index (χ2n) is 5.14. The molecule has 106 valence electrons. The SMILES string of the molecule is CNC(c1cc(Cl)ccc1C)c1cccc2cccnc12. The molecule has 1 heterocycles. The summed E-state index contributed by atoms with van der Waals surface area (Å²) in [5.74, 6) is 0. The molecule has 3 aromatic rings. The average Bonchev–Trinajstić information content (AvgIpc) is 2.51. The first-order valence-electron chi connectivity index (χ1n) is 6.97. The van der Waals surface area contributed by atoms with Crippen LogP contribution in [0.2, 0.25) is 5.02 Å². The van der Waals surface area contributed by atoms with Crippen LogP contribution in [0.4, 0.5) is 0 Å². The Hall–Kier alpha value is -1.90. The highest BCUT2D eigenvalue weighted by atomic mass is 35.5. The fourth-order valence-electron chi connectivity index (χ4n) is 2.76. The van der Waals surface area contributed by atoms with Gasteiger partial charge in [0.1, 0.15) is 0 Å². The number of hydrogen-bond donors (Lipinski definition) is 1. The molecule has 0 aliphatic rings. The van der Waals surface area contributed by atoms with Crippen molar-refractivity contribution in [2.75, 3.05) is 7.05 Å². The Balaban J connectivity index is 2.21. The van der Waals surface area contributed by atoms with Crippen LogP contribution in [0, 0.1) is 6.92 Å². The maximum atomic E-state index is 6.18. The molecule has 0 aliphatic carbocycles. The third kappa shape index (κ3) is 2.65. The quantitative estimate of drug-likeness (QED) is 0.769. The van der Waals surface area contributed by atoms with Gasteiger partial charge in [0.15, 0.2) is 0 Å². The molecule has 2 aromatic carbocycles. The van der Waals surface area contributed by atoms with Gasteiger partial charge in [0, 0.05) is 16.6 Å². The van der Waals surface area contributed by atoms with Crippen molar-refractivity contribution in [1.82, 2.24) is 10.3 Å². The van der Waals surface area contributed by atoms with Crippen molar-refractivity contribution in [3.05, 3.63) is 76.4 Å². The van der Waals surface area contributed by atoms with E-state index in [1.54, 1.807) is 0 Å².